The quantitative estimate of drug-likeness (QED) is 0.502. The van der Waals surface area contributed by atoms with Crippen LogP contribution in [-0.2, 0) is 0 Å². The number of thioether (sulfide) groups is 1. The maximum atomic E-state index is 7.68. The Bertz CT molecular complexity index is 580. The number of nitrogens with zero attached hydrogens (tertiary/aromatic N) is 1. The van der Waals surface area contributed by atoms with Crippen molar-refractivity contribution in [3.8, 4) is 0 Å². The third kappa shape index (κ3) is 2.64. The van der Waals surface area contributed by atoms with Gasteiger partial charge in [0, 0.05) is 16.2 Å². The first-order valence-corrected chi connectivity index (χ1v) is 6.90. The number of fused-ring (bicyclic) bond motifs is 1. The lowest BCUT2D eigenvalue weighted by molar-refractivity contribution is 0.902. The average Bonchev–Trinajstić information content (AvgIpc) is 2.37. The molecule has 0 aliphatic carbocycles. The molecule has 0 aliphatic rings. The van der Waals surface area contributed by atoms with Gasteiger partial charge in [-0.3, -0.25) is 5.41 Å². The molecule has 1 heterocycles. The highest BCUT2D eigenvalue weighted by Gasteiger charge is 2.10. The van der Waals surface area contributed by atoms with Gasteiger partial charge in [0.15, 0.2) is 0 Å². The molecule has 0 aliphatic heterocycles. The largest absolute Gasteiger partial charge is 0.384 e. The van der Waals surface area contributed by atoms with Crippen molar-refractivity contribution < 1.29 is 0 Å². The van der Waals surface area contributed by atoms with Crippen LogP contribution >= 0.6 is 11.8 Å². The summed E-state index contributed by atoms with van der Waals surface area (Å²) in [7, 11) is 0. The van der Waals surface area contributed by atoms with Crippen LogP contribution in [0.4, 0.5) is 0 Å². The summed E-state index contributed by atoms with van der Waals surface area (Å²) in [4.78, 5) is 4.62. The van der Waals surface area contributed by atoms with Crippen LogP contribution in [0, 0.1) is 5.41 Å². The molecule has 0 saturated heterocycles. The van der Waals surface area contributed by atoms with E-state index in [1.807, 2.05) is 30.3 Å². The molecule has 3 nitrogen and oxygen atoms in total. The van der Waals surface area contributed by atoms with Crippen LogP contribution in [0.1, 0.15) is 25.8 Å². The van der Waals surface area contributed by atoms with E-state index in [1.54, 1.807) is 11.8 Å². The fraction of sp³-hybridized carbons (Fsp3) is 0.286. The fourth-order valence-electron chi connectivity index (χ4n) is 1.72. The zero-order chi connectivity index (χ0) is 13.1. The first-order valence-electron chi connectivity index (χ1n) is 6.02. The Hall–Kier alpha value is -1.55. The van der Waals surface area contributed by atoms with Gasteiger partial charge in [0.05, 0.1) is 10.5 Å². The van der Waals surface area contributed by atoms with Crippen molar-refractivity contribution in [2.24, 2.45) is 5.73 Å². The number of aromatic nitrogens is 1. The second-order valence-electron chi connectivity index (χ2n) is 4.28. The van der Waals surface area contributed by atoms with E-state index in [0.29, 0.717) is 5.25 Å². The van der Waals surface area contributed by atoms with Crippen LogP contribution in [0.2, 0.25) is 0 Å². The maximum absolute atomic E-state index is 7.68. The summed E-state index contributed by atoms with van der Waals surface area (Å²) in [5.74, 6) is 0.0969. The number of benzene rings is 1. The number of amidine groups is 1. The van der Waals surface area contributed by atoms with Crippen molar-refractivity contribution in [2.75, 3.05) is 0 Å². The molecule has 0 fully saturated rings. The highest BCUT2D eigenvalue weighted by atomic mass is 32.2. The maximum Gasteiger partial charge on any atom is 0.123 e. The third-order valence-electron chi connectivity index (χ3n) is 2.88. The molecular weight excluding hydrogens is 242 g/mol. The highest BCUT2D eigenvalue weighted by Crippen LogP contribution is 2.27. The van der Waals surface area contributed by atoms with Gasteiger partial charge in [0.2, 0.25) is 0 Å². The van der Waals surface area contributed by atoms with Crippen LogP contribution in [-0.4, -0.2) is 16.1 Å². The molecule has 0 bridgehead atoms. The van der Waals surface area contributed by atoms with Gasteiger partial charge >= 0.3 is 0 Å². The highest BCUT2D eigenvalue weighted by molar-refractivity contribution is 7.99. The lowest BCUT2D eigenvalue weighted by Crippen LogP contribution is -2.12. The fourth-order valence-corrected chi connectivity index (χ4v) is 2.64. The summed E-state index contributed by atoms with van der Waals surface area (Å²) in [5.41, 5.74) is 7.33. The molecule has 18 heavy (non-hydrogen) atoms. The van der Waals surface area contributed by atoms with Crippen LogP contribution in [0.5, 0.6) is 0 Å². The molecule has 94 valence electrons. The average molecular weight is 259 g/mol. The standard InChI is InChI=1S/C14H17N3S/c1-3-9(2)18-13-8-11(14(15)16)10-6-4-5-7-12(10)17-13/h4-9H,3H2,1-2H3,(H3,15,16). The van der Waals surface area contributed by atoms with E-state index in [1.165, 1.54) is 0 Å². The third-order valence-corrected chi connectivity index (χ3v) is 4.07. The molecule has 3 N–H and O–H groups in total. The Morgan fingerprint density at radius 3 is 2.83 bits per heavy atom. The number of hydrogen-bond donors (Lipinski definition) is 2. The summed E-state index contributed by atoms with van der Waals surface area (Å²) in [5, 5.41) is 10.1. The minimum absolute atomic E-state index is 0.0969. The van der Waals surface area contributed by atoms with Gasteiger partial charge in [0.1, 0.15) is 5.84 Å². The molecule has 1 atom stereocenters. The zero-order valence-corrected chi connectivity index (χ0v) is 11.4. The van der Waals surface area contributed by atoms with E-state index >= 15 is 0 Å². The van der Waals surface area contributed by atoms with E-state index in [2.05, 4.69) is 18.8 Å². The summed E-state index contributed by atoms with van der Waals surface area (Å²) in [6, 6.07) is 9.73. The Morgan fingerprint density at radius 2 is 2.17 bits per heavy atom. The lowest BCUT2D eigenvalue weighted by atomic mass is 10.1. The topological polar surface area (TPSA) is 62.8 Å². The molecule has 0 amide bonds. The van der Waals surface area contributed by atoms with Gasteiger partial charge in [-0.05, 0) is 18.6 Å². The van der Waals surface area contributed by atoms with Gasteiger partial charge in [-0.15, -0.1) is 11.8 Å². The minimum Gasteiger partial charge on any atom is -0.384 e. The van der Waals surface area contributed by atoms with E-state index in [0.717, 1.165) is 27.9 Å². The lowest BCUT2D eigenvalue weighted by Gasteiger charge is -2.11. The van der Waals surface area contributed by atoms with E-state index < -0.39 is 0 Å². The van der Waals surface area contributed by atoms with E-state index in [-0.39, 0.29) is 5.84 Å². The van der Waals surface area contributed by atoms with Gasteiger partial charge in [0.25, 0.3) is 0 Å². The Kier molecular flexibility index (Phi) is 3.87. The van der Waals surface area contributed by atoms with Crippen molar-refractivity contribution >= 4 is 28.5 Å². The first kappa shape index (κ1) is 12.9. The van der Waals surface area contributed by atoms with Crippen molar-refractivity contribution in [3.63, 3.8) is 0 Å². The Labute approximate surface area is 111 Å². The van der Waals surface area contributed by atoms with Crippen LogP contribution in [0.15, 0.2) is 35.4 Å². The predicted molar refractivity (Wildman–Crippen MR) is 78.4 cm³/mol. The minimum atomic E-state index is 0.0969. The molecule has 2 aromatic rings. The normalized spacial score (nSPS) is 12.6. The monoisotopic (exact) mass is 259 g/mol. The molecule has 4 heteroatoms. The zero-order valence-electron chi connectivity index (χ0n) is 10.6. The number of nitrogens with two attached hydrogens (primary N) is 1. The summed E-state index contributed by atoms with van der Waals surface area (Å²) in [6.45, 7) is 4.33. The van der Waals surface area contributed by atoms with Gasteiger partial charge < -0.3 is 5.73 Å². The molecule has 1 aromatic heterocycles. The molecule has 0 radical (unpaired) electrons. The van der Waals surface area contributed by atoms with Crippen LogP contribution < -0.4 is 5.73 Å². The summed E-state index contributed by atoms with van der Waals surface area (Å²) < 4.78 is 0. The number of hydrogen-bond acceptors (Lipinski definition) is 3. The van der Waals surface area contributed by atoms with Crippen LogP contribution in [0.3, 0.4) is 0 Å². The second kappa shape index (κ2) is 5.40. The van der Waals surface area contributed by atoms with Gasteiger partial charge in [-0.25, -0.2) is 4.98 Å². The van der Waals surface area contributed by atoms with Crippen LogP contribution in [0.25, 0.3) is 10.9 Å². The van der Waals surface area contributed by atoms with Crippen molar-refractivity contribution in [3.05, 3.63) is 35.9 Å². The predicted octanol–water partition coefficient (Wildman–Crippen LogP) is 3.41. The van der Waals surface area contributed by atoms with Gasteiger partial charge in [-0.1, -0.05) is 32.0 Å². The number of nitrogens with one attached hydrogen (secondary N) is 1. The number of nitrogen functional groups attached to an aromatic ring is 1. The number of para-hydroxylation sites is 1. The summed E-state index contributed by atoms with van der Waals surface area (Å²) in [6.07, 6.45) is 1.09. The van der Waals surface area contributed by atoms with E-state index in [4.69, 9.17) is 11.1 Å². The molecule has 0 spiro atoms. The van der Waals surface area contributed by atoms with Gasteiger partial charge in [-0.2, -0.15) is 0 Å². The van der Waals surface area contributed by atoms with Crippen molar-refractivity contribution in [1.82, 2.24) is 4.98 Å². The molecule has 2 rings (SSSR count). The van der Waals surface area contributed by atoms with Crippen molar-refractivity contribution in [1.29, 1.82) is 5.41 Å². The number of rotatable bonds is 4. The van der Waals surface area contributed by atoms with E-state index in [9.17, 15) is 0 Å². The molecule has 1 aromatic carbocycles. The molecular formula is C14H17N3S. The second-order valence-corrected chi connectivity index (χ2v) is 5.73. The first-order chi connectivity index (χ1) is 8.61. The Morgan fingerprint density at radius 1 is 1.44 bits per heavy atom. The smallest absolute Gasteiger partial charge is 0.123 e. The molecule has 0 saturated carbocycles. The summed E-state index contributed by atoms with van der Waals surface area (Å²) >= 11 is 1.73. The van der Waals surface area contributed by atoms with Crippen molar-refractivity contribution in [2.45, 2.75) is 30.5 Å². The number of pyridine rings is 1. The Balaban J connectivity index is 2.54. The SMILES string of the molecule is CCC(C)Sc1cc(C(=N)N)c2ccccc2n1. The molecule has 1 unspecified atom stereocenters.